The first kappa shape index (κ1) is 24.1. The third-order valence-electron chi connectivity index (χ3n) is 6.51. The highest BCUT2D eigenvalue weighted by Gasteiger charge is 2.28. The summed E-state index contributed by atoms with van der Waals surface area (Å²) in [5, 5.41) is 13.7. The zero-order valence-electron chi connectivity index (χ0n) is 19.9. The van der Waals surface area contributed by atoms with Crippen molar-refractivity contribution in [1.82, 2.24) is 34.4 Å². The summed E-state index contributed by atoms with van der Waals surface area (Å²) >= 11 is 12.8. The van der Waals surface area contributed by atoms with Crippen LogP contribution in [0.1, 0.15) is 12.0 Å². The second-order valence-electron chi connectivity index (χ2n) is 8.99. The van der Waals surface area contributed by atoms with Gasteiger partial charge in [-0.3, -0.25) is 14.4 Å². The van der Waals surface area contributed by atoms with Crippen molar-refractivity contribution in [3.05, 3.63) is 58.6 Å². The van der Waals surface area contributed by atoms with Gasteiger partial charge in [0.2, 0.25) is 5.91 Å². The number of rotatable bonds is 5. The number of nitrogens with one attached hydrogen (secondary N) is 1. The third-order valence-corrected chi connectivity index (χ3v) is 7.05. The molecular weight excluding hydrogens is 515 g/mol. The number of morpholine rings is 1. The number of nitrogens with zero attached hydrogens (tertiary/aromatic N) is 7. The van der Waals surface area contributed by atoms with E-state index < -0.39 is 0 Å². The van der Waals surface area contributed by atoms with Gasteiger partial charge in [0, 0.05) is 54.2 Å². The lowest BCUT2D eigenvalue weighted by Gasteiger charge is -2.25. The molecule has 0 saturated carbocycles. The minimum Gasteiger partial charge on any atom is -0.379 e. The fourth-order valence-corrected chi connectivity index (χ4v) is 5.31. The van der Waals surface area contributed by atoms with Gasteiger partial charge in [-0.05, 0) is 31.0 Å². The maximum Gasteiger partial charge on any atom is 0.239 e. The lowest BCUT2D eigenvalue weighted by atomic mass is 10.0. The Bertz CT molecular complexity index is 1450. The first-order valence-electron chi connectivity index (χ1n) is 12.1. The molecule has 0 unspecified atom stereocenters. The van der Waals surface area contributed by atoms with Crippen LogP contribution in [0.25, 0.3) is 28.3 Å². The molecule has 0 spiro atoms. The van der Waals surface area contributed by atoms with Gasteiger partial charge in [0.1, 0.15) is 6.33 Å². The quantitative estimate of drug-likeness (QED) is 0.413. The van der Waals surface area contributed by atoms with Crippen molar-refractivity contribution in [1.29, 1.82) is 0 Å². The van der Waals surface area contributed by atoms with Gasteiger partial charge >= 0.3 is 0 Å². The van der Waals surface area contributed by atoms with Gasteiger partial charge in [0.15, 0.2) is 5.82 Å². The minimum atomic E-state index is -0.105. The van der Waals surface area contributed by atoms with Crippen molar-refractivity contribution in [2.75, 3.05) is 38.2 Å². The topological polar surface area (TPSA) is 103 Å². The Kier molecular flexibility index (Phi) is 6.64. The number of hydrogen-bond donors (Lipinski definition) is 1. The average Bonchev–Trinajstić information content (AvgIpc) is 3.41. The van der Waals surface area contributed by atoms with Gasteiger partial charge in [-0.15, -0.1) is 0 Å². The molecule has 12 heteroatoms. The molecule has 1 aromatic carbocycles. The monoisotopic (exact) mass is 538 g/mol. The molecule has 5 heterocycles. The highest BCUT2D eigenvalue weighted by molar-refractivity contribution is 6.35. The van der Waals surface area contributed by atoms with Crippen LogP contribution in [-0.2, 0) is 22.5 Å². The van der Waals surface area contributed by atoms with Crippen molar-refractivity contribution in [2.24, 2.45) is 0 Å². The van der Waals surface area contributed by atoms with E-state index >= 15 is 0 Å². The Morgan fingerprint density at radius 3 is 2.65 bits per heavy atom. The lowest BCUT2D eigenvalue weighted by molar-refractivity contribution is -0.118. The number of anilines is 1. The number of halogens is 2. The fourth-order valence-electron chi connectivity index (χ4n) is 4.82. The predicted molar refractivity (Wildman–Crippen MR) is 140 cm³/mol. The lowest BCUT2D eigenvalue weighted by Crippen LogP contribution is -2.41. The van der Waals surface area contributed by atoms with Gasteiger partial charge in [0.05, 0.1) is 47.6 Å². The van der Waals surface area contributed by atoms with Crippen molar-refractivity contribution < 1.29 is 9.53 Å². The van der Waals surface area contributed by atoms with Crippen LogP contribution in [0.5, 0.6) is 0 Å². The standard InChI is InChI=1S/C25H24Cl2N8O2/c26-17-3-4-20(19(27)10-17)35-25-18(24(32-35)16-12-28-15-29-13-16)2-1-5-34-21(25)11-22(31-34)30-23(36)14-33-6-8-37-9-7-33/h3-4,10-13,15H,1-2,5-9,14H2,(H,30,31,36). The van der Waals surface area contributed by atoms with Gasteiger partial charge < -0.3 is 10.1 Å². The number of aryl methyl sites for hydroxylation is 1. The van der Waals surface area contributed by atoms with Gasteiger partial charge in [-0.25, -0.2) is 14.6 Å². The SMILES string of the molecule is O=C(CN1CCOCC1)Nc1cc2n(n1)CCCc1c(-c3cncnc3)nn(-c3ccc(Cl)cc3Cl)c1-2. The van der Waals surface area contributed by atoms with E-state index in [0.29, 0.717) is 47.9 Å². The van der Waals surface area contributed by atoms with Crippen molar-refractivity contribution in [3.8, 4) is 28.3 Å². The molecule has 1 saturated heterocycles. The normalized spacial score (nSPS) is 15.6. The summed E-state index contributed by atoms with van der Waals surface area (Å²) < 4.78 is 9.12. The van der Waals surface area contributed by atoms with E-state index in [1.165, 1.54) is 6.33 Å². The molecule has 0 aliphatic carbocycles. The molecule has 190 valence electrons. The summed E-state index contributed by atoms with van der Waals surface area (Å²) in [5.74, 6) is 0.396. The zero-order chi connectivity index (χ0) is 25.4. The van der Waals surface area contributed by atoms with E-state index in [9.17, 15) is 4.79 Å². The average molecular weight is 539 g/mol. The van der Waals surface area contributed by atoms with E-state index in [1.807, 2.05) is 21.5 Å². The van der Waals surface area contributed by atoms with Crippen LogP contribution in [0.4, 0.5) is 5.82 Å². The molecule has 1 fully saturated rings. The van der Waals surface area contributed by atoms with E-state index in [2.05, 4.69) is 20.2 Å². The van der Waals surface area contributed by atoms with E-state index in [0.717, 1.165) is 54.1 Å². The third kappa shape index (κ3) is 4.85. The maximum atomic E-state index is 12.8. The van der Waals surface area contributed by atoms with Gasteiger partial charge in [-0.1, -0.05) is 23.2 Å². The molecule has 2 aliphatic heterocycles. The summed E-state index contributed by atoms with van der Waals surface area (Å²) in [6, 6.07) is 7.23. The molecule has 0 atom stereocenters. The molecule has 2 aliphatic rings. The number of carbonyl (C=O) groups is 1. The highest BCUT2D eigenvalue weighted by atomic mass is 35.5. The van der Waals surface area contributed by atoms with Crippen LogP contribution in [0, 0.1) is 0 Å². The Morgan fingerprint density at radius 1 is 1.05 bits per heavy atom. The Balaban J connectivity index is 1.42. The van der Waals surface area contributed by atoms with Crippen LogP contribution in [-0.4, -0.2) is 73.2 Å². The summed E-state index contributed by atoms with van der Waals surface area (Å²) in [6.07, 6.45) is 6.64. The zero-order valence-corrected chi connectivity index (χ0v) is 21.4. The van der Waals surface area contributed by atoms with Gasteiger partial charge in [-0.2, -0.15) is 10.2 Å². The number of carbonyl (C=O) groups excluding carboxylic acids is 1. The second-order valence-corrected chi connectivity index (χ2v) is 9.83. The van der Waals surface area contributed by atoms with Crippen LogP contribution in [0.3, 0.4) is 0 Å². The number of fused-ring (bicyclic) bond motifs is 3. The molecule has 4 aromatic rings. The first-order valence-corrected chi connectivity index (χ1v) is 12.8. The summed E-state index contributed by atoms with van der Waals surface area (Å²) in [6.45, 7) is 3.75. The molecule has 37 heavy (non-hydrogen) atoms. The largest absolute Gasteiger partial charge is 0.379 e. The molecule has 1 amide bonds. The van der Waals surface area contributed by atoms with Crippen molar-refractivity contribution >= 4 is 34.9 Å². The Labute approximate surface area is 223 Å². The van der Waals surface area contributed by atoms with E-state index in [-0.39, 0.29) is 5.91 Å². The number of aromatic nitrogens is 6. The van der Waals surface area contributed by atoms with Crippen molar-refractivity contribution in [2.45, 2.75) is 19.4 Å². The molecule has 0 radical (unpaired) electrons. The van der Waals surface area contributed by atoms with Crippen molar-refractivity contribution in [3.63, 3.8) is 0 Å². The predicted octanol–water partition coefficient (Wildman–Crippen LogP) is 3.72. The number of ether oxygens (including phenoxy) is 1. The summed E-state index contributed by atoms with van der Waals surface area (Å²) in [5.41, 5.74) is 5.05. The second kappa shape index (κ2) is 10.2. The fraction of sp³-hybridized carbons (Fsp3) is 0.320. The van der Waals surface area contributed by atoms with E-state index in [1.54, 1.807) is 24.5 Å². The first-order chi connectivity index (χ1) is 18.1. The summed E-state index contributed by atoms with van der Waals surface area (Å²) in [4.78, 5) is 23.2. The van der Waals surface area contributed by atoms with Crippen LogP contribution in [0.2, 0.25) is 10.0 Å². The molecule has 6 rings (SSSR count). The van der Waals surface area contributed by atoms with Crippen LogP contribution >= 0.6 is 23.2 Å². The molecule has 0 bridgehead atoms. The van der Waals surface area contributed by atoms with E-state index in [4.69, 9.17) is 38.1 Å². The molecule has 3 aromatic heterocycles. The number of hydrogen-bond acceptors (Lipinski definition) is 7. The molecular formula is C25H24Cl2N8O2. The van der Waals surface area contributed by atoms with Crippen LogP contribution in [0.15, 0.2) is 43.0 Å². The smallest absolute Gasteiger partial charge is 0.239 e. The molecule has 1 N–H and O–H groups in total. The Hall–Kier alpha value is -3.31. The maximum absolute atomic E-state index is 12.8. The minimum absolute atomic E-state index is 0.105. The Morgan fingerprint density at radius 2 is 1.86 bits per heavy atom. The highest BCUT2D eigenvalue weighted by Crippen LogP contribution is 2.39. The summed E-state index contributed by atoms with van der Waals surface area (Å²) in [7, 11) is 0. The van der Waals surface area contributed by atoms with Gasteiger partial charge in [0.25, 0.3) is 0 Å². The van der Waals surface area contributed by atoms with Crippen LogP contribution < -0.4 is 5.32 Å². The number of benzene rings is 1. The molecule has 10 nitrogen and oxygen atoms in total. The number of amides is 1.